The molecule has 0 amide bonds. The molecule has 44 heavy (non-hydrogen) atoms. The Bertz CT molecular complexity index is 2000. The molecule has 1 unspecified atom stereocenters. The van der Waals surface area contributed by atoms with Crippen LogP contribution in [0, 0.1) is 0 Å². The molecule has 5 heteroatoms. The van der Waals surface area contributed by atoms with Crippen molar-refractivity contribution in [3.8, 4) is 17.3 Å². The summed E-state index contributed by atoms with van der Waals surface area (Å²) in [6.45, 7) is 13.5. The van der Waals surface area contributed by atoms with E-state index in [1.807, 2.05) is 6.20 Å². The van der Waals surface area contributed by atoms with Crippen molar-refractivity contribution in [2.75, 3.05) is 7.05 Å². The maximum Gasteiger partial charge on any atom is 0.137 e. The first-order valence-corrected chi connectivity index (χ1v) is 15.4. The lowest BCUT2D eigenvalue weighted by molar-refractivity contribution is 0.284. The Hall–Kier alpha value is -4.77. The minimum atomic E-state index is -0.0428. The Morgan fingerprint density at radius 1 is 0.727 bits per heavy atom. The molecule has 4 heterocycles. The fourth-order valence-electron chi connectivity index (χ4n) is 6.24. The van der Waals surface area contributed by atoms with E-state index in [4.69, 9.17) is 9.72 Å². The third kappa shape index (κ3) is 4.86. The molecule has 7 rings (SSSR count). The molecule has 0 spiro atoms. The lowest BCUT2D eigenvalue weighted by Crippen LogP contribution is -2.33. The van der Waals surface area contributed by atoms with Gasteiger partial charge in [0.05, 0.1) is 16.7 Å². The number of para-hydroxylation sites is 1. The molecule has 0 N–H and O–H groups in total. The number of allylic oxidation sites excluding steroid dienone is 2. The lowest BCUT2D eigenvalue weighted by atomic mass is 9.85. The van der Waals surface area contributed by atoms with Crippen LogP contribution >= 0.6 is 0 Å². The topological polar surface area (TPSA) is 33.5 Å². The van der Waals surface area contributed by atoms with E-state index in [9.17, 15) is 0 Å². The van der Waals surface area contributed by atoms with Gasteiger partial charge in [0.1, 0.15) is 23.5 Å². The smallest absolute Gasteiger partial charge is 0.137 e. The molecule has 2 aromatic heterocycles. The van der Waals surface area contributed by atoms with E-state index in [1.54, 1.807) is 0 Å². The van der Waals surface area contributed by atoms with Crippen LogP contribution in [-0.2, 0) is 10.8 Å². The number of hydrogen-bond acceptors (Lipinski definition) is 4. The quantitative estimate of drug-likeness (QED) is 0.212. The van der Waals surface area contributed by atoms with E-state index in [2.05, 4.69) is 166 Å². The average molecular weight is 581 g/mol. The molecule has 0 saturated heterocycles. The van der Waals surface area contributed by atoms with Crippen molar-refractivity contribution in [1.29, 1.82) is 0 Å². The van der Waals surface area contributed by atoms with E-state index in [1.165, 1.54) is 27.6 Å². The van der Waals surface area contributed by atoms with Crippen LogP contribution in [0.2, 0.25) is 0 Å². The maximum absolute atomic E-state index is 6.72. The monoisotopic (exact) mass is 580 g/mol. The van der Waals surface area contributed by atoms with Crippen molar-refractivity contribution in [1.82, 2.24) is 19.4 Å². The Labute approximate surface area is 260 Å². The van der Waals surface area contributed by atoms with Crippen LogP contribution in [0.4, 0.5) is 0 Å². The van der Waals surface area contributed by atoms with Crippen LogP contribution in [-0.4, -0.2) is 32.6 Å². The van der Waals surface area contributed by atoms with Gasteiger partial charge in [0.25, 0.3) is 0 Å². The summed E-state index contributed by atoms with van der Waals surface area (Å²) in [5.41, 5.74) is 6.97. The van der Waals surface area contributed by atoms with Crippen molar-refractivity contribution in [2.45, 2.75) is 58.5 Å². The molecule has 2 aliphatic rings. The lowest BCUT2D eigenvalue weighted by Gasteiger charge is -2.29. The highest BCUT2D eigenvalue weighted by Gasteiger charge is 2.29. The second-order valence-corrected chi connectivity index (χ2v) is 14.0. The summed E-state index contributed by atoms with van der Waals surface area (Å²) in [6.07, 6.45) is 12.9. The Morgan fingerprint density at radius 3 is 2.27 bits per heavy atom. The van der Waals surface area contributed by atoms with E-state index in [0.717, 1.165) is 33.9 Å². The van der Waals surface area contributed by atoms with Gasteiger partial charge in [0, 0.05) is 48.0 Å². The number of rotatable bonds is 4. The van der Waals surface area contributed by atoms with Crippen LogP contribution < -0.4 is 4.74 Å². The van der Waals surface area contributed by atoms with E-state index < -0.39 is 0 Å². The van der Waals surface area contributed by atoms with Gasteiger partial charge in [-0.15, -0.1) is 0 Å². The number of ether oxygens (including phenoxy) is 1. The predicted octanol–water partition coefficient (Wildman–Crippen LogP) is 9.52. The number of likely N-dealkylation sites (N-methyl/N-ethyl adjacent to an activating group) is 1. The van der Waals surface area contributed by atoms with Crippen LogP contribution in [0.5, 0.6) is 11.5 Å². The predicted molar refractivity (Wildman–Crippen MR) is 182 cm³/mol. The van der Waals surface area contributed by atoms with Gasteiger partial charge in [-0.25, -0.2) is 4.98 Å². The van der Waals surface area contributed by atoms with Gasteiger partial charge >= 0.3 is 0 Å². The van der Waals surface area contributed by atoms with Crippen molar-refractivity contribution >= 4 is 27.5 Å². The van der Waals surface area contributed by atoms with Crippen LogP contribution in [0.25, 0.3) is 33.3 Å². The van der Waals surface area contributed by atoms with Crippen LogP contribution in [0.3, 0.4) is 0 Å². The molecule has 0 radical (unpaired) electrons. The molecule has 5 aromatic rings. The Morgan fingerprint density at radius 2 is 1.50 bits per heavy atom. The van der Waals surface area contributed by atoms with E-state index in [-0.39, 0.29) is 17.0 Å². The first-order valence-electron chi connectivity index (χ1n) is 15.4. The normalized spacial score (nSPS) is 16.6. The fraction of sp³-hybridized carbons (Fsp3) is 0.256. The standard InChI is InChI=1S/C39H40N4O/c1-38(2,3)27-17-18-40-36(23-27)43-33-13-9-8-12-31(33)32-16-15-29(24-34(32)43)44-30-21-26(20-28(22-30)39(4,5)6)35-25-42-19-11-10-14-37(42)41(35)7/h8-25,37H,1-7H3. The highest BCUT2D eigenvalue weighted by atomic mass is 16.5. The summed E-state index contributed by atoms with van der Waals surface area (Å²) in [6, 6.07) is 25.9. The maximum atomic E-state index is 6.72. The molecule has 0 aliphatic carbocycles. The fourth-order valence-corrected chi connectivity index (χ4v) is 6.24. The van der Waals surface area contributed by atoms with Gasteiger partial charge in [0.2, 0.25) is 0 Å². The van der Waals surface area contributed by atoms with Gasteiger partial charge in [0.15, 0.2) is 0 Å². The number of hydrogen-bond donors (Lipinski definition) is 0. The summed E-state index contributed by atoms with van der Waals surface area (Å²) < 4.78 is 8.98. The molecule has 0 saturated carbocycles. The highest BCUT2D eigenvalue weighted by Crippen LogP contribution is 2.39. The molecule has 2 aliphatic heterocycles. The first-order chi connectivity index (χ1) is 21.0. The minimum absolute atomic E-state index is 0.0185. The highest BCUT2D eigenvalue weighted by molar-refractivity contribution is 6.09. The summed E-state index contributed by atoms with van der Waals surface area (Å²) in [5.74, 6) is 2.53. The average Bonchev–Trinajstić information content (AvgIpc) is 3.50. The second-order valence-electron chi connectivity index (χ2n) is 14.0. The van der Waals surface area contributed by atoms with Crippen molar-refractivity contribution in [3.63, 3.8) is 0 Å². The Kier molecular flexibility index (Phi) is 6.47. The third-order valence-corrected chi connectivity index (χ3v) is 8.80. The van der Waals surface area contributed by atoms with Crippen LogP contribution in [0.1, 0.15) is 58.2 Å². The summed E-state index contributed by atoms with van der Waals surface area (Å²) in [4.78, 5) is 9.40. The molecule has 3 aromatic carbocycles. The summed E-state index contributed by atoms with van der Waals surface area (Å²) in [7, 11) is 2.15. The first kappa shape index (κ1) is 28.0. The van der Waals surface area contributed by atoms with Gasteiger partial charge < -0.3 is 14.5 Å². The molecule has 222 valence electrons. The van der Waals surface area contributed by atoms with E-state index >= 15 is 0 Å². The second kappa shape index (κ2) is 10.2. The summed E-state index contributed by atoms with van der Waals surface area (Å²) in [5, 5.41) is 2.38. The summed E-state index contributed by atoms with van der Waals surface area (Å²) >= 11 is 0. The van der Waals surface area contributed by atoms with Gasteiger partial charge in [-0.3, -0.25) is 4.57 Å². The zero-order valence-electron chi connectivity index (χ0n) is 26.7. The Balaban J connectivity index is 1.34. The van der Waals surface area contributed by atoms with Gasteiger partial charge in [-0.2, -0.15) is 0 Å². The van der Waals surface area contributed by atoms with Crippen molar-refractivity contribution < 1.29 is 4.74 Å². The zero-order chi connectivity index (χ0) is 30.8. The zero-order valence-corrected chi connectivity index (χ0v) is 26.7. The number of aromatic nitrogens is 2. The number of nitrogens with zero attached hydrogens (tertiary/aromatic N) is 4. The molecular weight excluding hydrogens is 540 g/mol. The SMILES string of the molecule is CN1C(c2cc(Oc3ccc4c5ccccc5n(-c5cc(C(C)(C)C)ccn5)c4c3)cc(C(C)(C)C)c2)=CN2C=CC=CC21. The molecule has 0 fully saturated rings. The van der Waals surface area contributed by atoms with Crippen LogP contribution in [0.15, 0.2) is 110 Å². The van der Waals surface area contributed by atoms with Gasteiger partial charge in [-0.05, 0) is 82.6 Å². The number of benzene rings is 3. The number of fused-ring (bicyclic) bond motifs is 4. The number of pyridine rings is 1. The van der Waals surface area contributed by atoms with Gasteiger partial charge in [-0.1, -0.05) is 65.8 Å². The molecule has 1 atom stereocenters. The van der Waals surface area contributed by atoms with Crippen molar-refractivity contribution in [3.05, 3.63) is 126 Å². The largest absolute Gasteiger partial charge is 0.457 e. The van der Waals surface area contributed by atoms with E-state index in [0.29, 0.717) is 0 Å². The van der Waals surface area contributed by atoms with Crippen molar-refractivity contribution in [2.24, 2.45) is 0 Å². The molecule has 5 nitrogen and oxygen atoms in total. The molecule has 0 bridgehead atoms. The minimum Gasteiger partial charge on any atom is -0.457 e. The molecular formula is C39H40N4O. The third-order valence-electron chi connectivity index (χ3n) is 8.80.